The molecule has 1 aliphatic heterocycles. The van der Waals surface area contributed by atoms with Gasteiger partial charge in [0.05, 0.1) is 6.54 Å². The molecule has 1 fully saturated rings. The van der Waals surface area contributed by atoms with Crippen molar-refractivity contribution in [2.45, 2.75) is 32.7 Å². The van der Waals surface area contributed by atoms with Gasteiger partial charge in [-0.15, -0.1) is 0 Å². The van der Waals surface area contributed by atoms with Crippen molar-refractivity contribution < 1.29 is 9.59 Å². The van der Waals surface area contributed by atoms with Crippen LogP contribution in [0.5, 0.6) is 0 Å². The Balaban J connectivity index is 2.24. The molecule has 0 bridgehead atoms. The largest absolute Gasteiger partial charge is 0.355 e. The smallest absolute Gasteiger partial charge is 0.244 e. The predicted octanol–water partition coefficient (Wildman–Crippen LogP) is 2.57. The lowest BCUT2D eigenvalue weighted by molar-refractivity contribution is -0.140. The van der Waals surface area contributed by atoms with Crippen LogP contribution in [0.1, 0.15) is 38.3 Å². The van der Waals surface area contributed by atoms with Crippen LogP contribution in [0.15, 0.2) is 28.7 Å². The van der Waals surface area contributed by atoms with Crippen molar-refractivity contribution in [2.75, 3.05) is 32.7 Å². The quantitative estimate of drug-likeness (QED) is 0.771. The molecule has 0 aromatic heterocycles. The molecule has 0 radical (unpaired) electrons. The monoisotopic (exact) mass is 395 g/mol. The second-order valence-corrected chi connectivity index (χ2v) is 6.92. The number of hydrogen-bond acceptors (Lipinski definition) is 3. The van der Waals surface area contributed by atoms with Gasteiger partial charge in [0, 0.05) is 17.6 Å². The summed E-state index contributed by atoms with van der Waals surface area (Å²) in [4.78, 5) is 29.0. The number of carbonyl (C=O) groups is 2. The molecule has 132 valence electrons. The Morgan fingerprint density at radius 3 is 2.58 bits per heavy atom. The fraction of sp³-hybridized carbons (Fsp3) is 0.556. The third-order valence-electron chi connectivity index (χ3n) is 4.31. The molecule has 0 unspecified atom stereocenters. The normalized spacial score (nSPS) is 16.0. The summed E-state index contributed by atoms with van der Waals surface area (Å²) >= 11 is 3.50. The van der Waals surface area contributed by atoms with Gasteiger partial charge in [-0.05, 0) is 57.5 Å². The third-order valence-corrected chi connectivity index (χ3v) is 4.80. The molecule has 2 amide bonds. The molecule has 1 aromatic rings. The van der Waals surface area contributed by atoms with Crippen LogP contribution < -0.4 is 5.32 Å². The molecule has 1 atom stereocenters. The van der Waals surface area contributed by atoms with Crippen molar-refractivity contribution in [3.63, 3.8) is 0 Å². The minimum absolute atomic E-state index is 0.00348. The topological polar surface area (TPSA) is 52.7 Å². The van der Waals surface area contributed by atoms with Gasteiger partial charge in [0.25, 0.3) is 0 Å². The number of halogens is 1. The minimum atomic E-state index is -0.320. The van der Waals surface area contributed by atoms with Crippen LogP contribution in [-0.2, 0) is 9.59 Å². The second kappa shape index (κ2) is 9.18. The van der Waals surface area contributed by atoms with E-state index in [4.69, 9.17) is 0 Å². The lowest BCUT2D eigenvalue weighted by Gasteiger charge is -2.32. The van der Waals surface area contributed by atoms with Gasteiger partial charge in [-0.25, -0.2) is 0 Å². The second-order valence-electron chi connectivity index (χ2n) is 6.01. The standard InChI is InChI=1S/C18H26BrN3O2/c1-3-20-16(23)13-21(4-2)18(24)17(22-10-5-6-11-22)14-8-7-9-15(19)12-14/h7-9,12,17H,3-6,10-11,13H2,1-2H3,(H,20,23)/t17-/m1/s1. The zero-order chi connectivity index (χ0) is 17.5. The molecular weight excluding hydrogens is 370 g/mol. The fourth-order valence-electron chi connectivity index (χ4n) is 3.13. The van der Waals surface area contributed by atoms with Gasteiger partial charge in [-0.1, -0.05) is 28.1 Å². The molecule has 6 heteroatoms. The average molecular weight is 396 g/mol. The van der Waals surface area contributed by atoms with Crippen LogP contribution in [-0.4, -0.2) is 54.3 Å². The molecular formula is C18H26BrN3O2. The maximum absolute atomic E-state index is 13.2. The molecule has 0 saturated carbocycles. The Hall–Kier alpha value is -1.40. The van der Waals surface area contributed by atoms with Crippen molar-refractivity contribution in [1.82, 2.24) is 15.1 Å². The highest BCUT2D eigenvalue weighted by molar-refractivity contribution is 9.10. The van der Waals surface area contributed by atoms with Crippen LogP contribution in [0.25, 0.3) is 0 Å². The number of nitrogens with zero attached hydrogens (tertiary/aromatic N) is 2. The van der Waals surface area contributed by atoms with E-state index in [2.05, 4.69) is 26.1 Å². The molecule has 2 rings (SSSR count). The number of benzene rings is 1. The highest BCUT2D eigenvalue weighted by Gasteiger charge is 2.33. The van der Waals surface area contributed by atoms with E-state index in [1.165, 1.54) is 0 Å². The van der Waals surface area contributed by atoms with E-state index in [-0.39, 0.29) is 24.4 Å². The van der Waals surface area contributed by atoms with Gasteiger partial charge in [0.1, 0.15) is 6.04 Å². The van der Waals surface area contributed by atoms with E-state index in [1.54, 1.807) is 4.90 Å². The van der Waals surface area contributed by atoms with Gasteiger partial charge in [-0.2, -0.15) is 0 Å². The SMILES string of the molecule is CCNC(=O)CN(CC)C(=O)[C@@H](c1cccc(Br)c1)N1CCCC1. The predicted molar refractivity (Wildman–Crippen MR) is 98.6 cm³/mol. The molecule has 1 saturated heterocycles. The summed E-state index contributed by atoms with van der Waals surface area (Å²) in [6.45, 7) is 6.84. The highest BCUT2D eigenvalue weighted by atomic mass is 79.9. The van der Waals surface area contributed by atoms with E-state index in [0.29, 0.717) is 13.1 Å². The van der Waals surface area contributed by atoms with Crippen molar-refractivity contribution in [3.05, 3.63) is 34.3 Å². The minimum Gasteiger partial charge on any atom is -0.355 e. The summed E-state index contributed by atoms with van der Waals surface area (Å²) in [5.74, 6) is -0.106. The van der Waals surface area contributed by atoms with E-state index in [1.807, 2.05) is 38.1 Å². The third kappa shape index (κ3) is 4.80. The van der Waals surface area contributed by atoms with E-state index >= 15 is 0 Å². The number of likely N-dealkylation sites (tertiary alicyclic amines) is 1. The zero-order valence-electron chi connectivity index (χ0n) is 14.4. The van der Waals surface area contributed by atoms with Gasteiger partial charge in [0.2, 0.25) is 11.8 Å². The number of likely N-dealkylation sites (N-methyl/N-ethyl adjacent to an activating group) is 2. The number of carbonyl (C=O) groups excluding carboxylic acids is 2. The van der Waals surface area contributed by atoms with Gasteiger partial charge in [-0.3, -0.25) is 14.5 Å². The van der Waals surface area contributed by atoms with Crippen LogP contribution >= 0.6 is 15.9 Å². The number of hydrogen-bond donors (Lipinski definition) is 1. The highest BCUT2D eigenvalue weighted by Crippen LogP contribution is 2.28. The van der Waals surface area contributed by atoms with Crippen molar-refractivity contribution in [2.24, 2.45) is 0 Å². The molecule has 1 aliphatic rings. The Morgan fingerprint density at radius 2 is 2.00 bits per heavy atom. The number of nitrogens with one attached hydrogen (secondary N) is 1. The van der Waals surface area contributed by atoms with E-state index < -0.39 is 0 Å². The first-order chi connectivity index (χ1) is 11.6. The van der Waals surface area contributed by atoms with Crippen LogP contribution in [0.3, 0.4) is 0 Å². The maximum atomic E-state index is 13.2. The average Bonchev–Trinajstić information content (AvgIpc) is 3.07. The lowest BCUT2D eigenvalue weighted by atomic mass is 10.0. The summed E-state index contributed by atoms with van der Waals surface area (Å²) in [6, 6.07) is 7.59. The summed E-state index contributed by atoms with van der Waals surface area (Å²) in [6.07, 6.45) is 2.22. The molecule has 1 aromatic carbocycles. The summed E-state index contributed by atoms with van der Waals surface area (Å²) in [7, 11) is 0. The zero-order valence-corrected chi connectivity index (χ0v) is 16.0. The van der Waals surface area contributed by atoms with E-state index in [9.17, 15) is 9.59 Å². The van der Waals surface area contributed by atoms with Crippen LogP contribution in [0, 0.1) is 0 Å². The first kappa shape index (κ1) is 18.9. The summed E-state index contributed by atoms with van der Waals surface area (Å²) in [5.41, 5.74) is 0.977. The van der Waals surface area contributed by atoms with Crippen molar-refractivity contribution in [1.29, 1.82) is 0 Å². The molecule has 24 heavy (non-hydrogen) atoms. The Labute approximate surface area is 152 Å². The van der Waals surface area contributed by atoms with Crippen molar-refractivity contribution >= 4 is 27.7 Å². The van der Waals surface area contributed by atoms with E-state index in [0.717, 1.165) is 36.0 Å². The summed E-state index contributed by atoms with van der Waals surface area (Å²) < 4.78 is 0.962. The molecule has 1 heterocycles. The van der Waals surface area contributed by atoms with Gasteiger partial charge in [0.15, 0.2) is 0 Å². The maximum Gasteiger partial charge on any atom is 0.244 e. The molecule has 5 nitrogen and oxygen atoms in total. The molecule has 0 spiro atoms. The molecule has 1 N–H and O–H groups in total. The van der Waals surface area contributed by atoms with Gasteiger partial charge >= 0.3 is 0 Å². The number of amides is 2. The number of rotatable bonds is 7. The Kier molecular flexibility index (Phi) is 7.24. The Bertz CT molecular complexity index is 573. The fourth-order valence-corrected chi connectivity index (χ4v) is 3.55. The first-order valence-corrected chi connectivity index (χ1v) is 9.41. The van der Waals surface area contributed by atoms with Crippen LogP contribution in [0.4, 0.5) is 0 Å². The lowest BCUT2D eigenvalue weighted by Crippen LogP contribution is -2.46. The van der Waals surface area contributed by atoms with Gasteiger partial charge < -0.3 is 10.2 Å². The Morgan fingerprint density at radius 1 is 1.29 bits per heavy atom. The van der Waals surface area contributed by atoms with Crippen molar-refractivity contribution in [3.8, 4) is 0 Å². The first-order valence-electron chi connectivity index (χ1n) is 8.61. The van der Waals surface area contributed by atoms with Crippen LogP contribution in [0.2, 0.25) is 0 Å². The molecule has 0 aliphatic carbocycles. The summed E-state index contributed by atoms with van der Waals surface area (Å²) in [5, 5.41) is 2.77.